The van der Waals surface area contributed by atoms with Gasteiger partial charge in [-0.1, -0.05) is 42.5 Å². The molecular formula is C20H19NO3. The van der Waals surface area contributed by atoms with E-state index >= 15 is 0 Å². The fourth-order valence-electron chi connectivity index (χ4n) is 2.48. The highest BCUT2D eigenvalue weighted by Gasteiger charge is 2.16. The molecule has 1 atom stereocenters. The van der Waals surface area contributed by atoms with Crippen LogP contribution < -0.4 is 14.8 Å². The zero-order valence-electron chi connectivity index (χ0n) is 13.7. The van der Waals surface area contributed by atoms with Gasteiger partial charge < -0.3 is 14.8 Å². The molecule has 0 aliphatic carbocycles. The van der Waals surface area contributed by atoms with Crippen LogP contribution in [-0.4, -0.2) is 19.1 Å². The van der Waals surface area contributed by atoms with Crippen LogP contribution in [0.1, 0.15) is 6.92 Å². The third-order valence-electron chi connectivity index (χ3n) is 3.77. The first kappa shape index (κ1) is 15.9. The highest BCUT2D eigenvalue weighted by atomic mass is 16.5. The second-order valence-corrected chi connectivity index (χ2v) is 5.46. The molecular weight excluding hydrogens is 302 g/mol. The predicted molar refractivity (Wildman–Crippen MR) is 95.7 cm³/mol. The summed E-state index contributed by atoms with van der Waals surface area (Å²) in [7, 11) is 1.57. The average molecular weight is 321 g/mol. The van der Waals surface area contributed by atoms with E-state index in [-0.39, 0.29) is 5.91 Å². The lowest BCUT2D eigenvalue weighted by Gasteiger charge is -2.16. The van der Waals surface area contributed by atoms with Gasteiger partial charge in [0.1, 0.15) is 11.5 Å². The van der Waals surface area contributed by atoms with Gasteiger partial charge in [-0.25, -0.2) is 0 Å². The van der Waals surface area contributed by atoms with E-state index in [4.69, 9.17) is 9.47 Å². The molecule has 0 spiro atoms. The molecule has 0 heterocycles. The fourth-order valence-corrected chi connectivity index (χ4v) is 2.48. The molecule has 0 saturated heterocycles. The van der Waals surface area contributed by atoms with Crippen molar-refractivity contribution in [3.05, 3.63) is 66.7 Å². The van der Waals surface area contributed by atoms with Crippen molar-refractivity contribution in [2.24, 2.45) is 0 Å². The van der Waals surface area contributed by atoms with Crippen molar-refractivity contribution in [3.63, 3.8) is 0 Å². The fraction of sp³-hybridized carbons (Fsp3) is 0.150. The summed E-state index contributed by atoms with van der Waals surface area (Å²) in [6.45, 7) is 1.72. The molecule has 1 unspecified atom stereocenters. The van der Waals surface area contributed by atoms with Crippen molar-refractivity contribution in [2.45, 2.75) is 13.0 Å². The Hall–Kier alpha value is -3.01. The lowest BCUT2D eigenvalue weighted by Crippen LogP contribution is -2.30. The van der Waals surface area contributed by atoms with Gasteiger partial charge in [0.15, 0.2) is 6.10 Å². The number of hydrogen-bond acceptors (Lipinski definition) is 3. The van der Waals surface area contributed by atoms with E-state index in [2.05, 4.69) is 5.32 Å². The Kier molecular flexibility index (Phi) is 4.66. The second kappa shape index (κ2) is 7.04. The number of benzene rings is 3. The average Bonchev–Trinajstić information content (AvgIpc) is 2.62. The quantitative estimate of drug-likeness (QED) is 0.764. The molecule has 1 amide bonds. The molecule has 1 N–H and O–H groups in total. The Labute approximate surface area is 141 Å². The van der Waals surface area contributed by atoms with E-state index in [0.29, 0.717) is 17.2 Å². The number of amides is 1. The van der Waals surface area contributed by atoms with Crippen molar-refractivity contribution in [3.8, 4) is 11.5 Å². The first-order valence-electron chi connectivity index (χ1n) is 7.77. The van der Waals surface area contributed by atoms with Crippen molar-refractivity contribution >= 4 is 22.4 Å². The molecule has 4 nitrogen and oxygen atoms in total. The summed E-state index contributed by atoms with van der Waals surface area (Å²) in [6.07, 6.45) is -0.629. The molecule has 0 bridgehead atoms. The summed E-state index contributed by atoms with van der Waals surface area (Å²) in [4.78, 5) is 12.4. The second-order valence-electron chi connectivity index (χ2n) is 5.46. The molecule has 122 valence electrons. The summed E-state index contributed by atoms with van der Waals surface area (Å²) in [5, 5.41) is 5.04. The van der Waals surface area contributed by atoms with Crippen LogP contribution in [0.25, 0.3) is 10.8 Å². The first-order valence-corrected chi connectivity index (χ1v) is 7.77. The lowest BCUT2D eigenvalue weighted by molar-refractivity contribution is -0.122. The molecule has 0 aromatic heterocycles. The molecule has 0 aliphatic rings. The molecule has 0 saturated carbocycles. The SMILES string of the molecule is COc1ccccc1NC(=O)C(C)Oc1ccc2ccccc2c1. The van der Waals surface area contributed by atoms with E-state index in [1.807, 2.05) is 54.6 Å². The van der Waals surface area contributed by atoms with Crippen molar-refractivity contribution in [1.29, 1.82) is 0 Å². The van der Waals surface area contributed by atoms with Gasteiger partial charge in [-0.15, -0.1) is 0 Å². The minimum atomic E-state index is -0.629. The van der Waals surface area contributed by atoms with E-state index in [9.17, 15) is 4.79 Å². The van der Waals surface area contributed by atoms with Crippen molar-refractivity contribution in [2.75, 3.05) is 12.4 Å². The molecule has 0 radical (unpaired) electrons. The zero-order valence-corrected chi connectivity index (χ0v) is 13.7. The van der Waals surface area contributed by atoms with Gasteiger partial charge in [0.2, 0.25) is 0 Å². The number of rotatable bonds is 5. The Morgan fingerprint density at radius 2 is 1.67 bits per heavy atom. The van der Waals surface area contributed by atoms with Crippen LogP contribution in [0, 0.1) is 0 Å². The summed E-state index contributed by atoms with van der Waals surface area (Å²) in [5.41, 5.74) is 0.624. The van der Waals surface area contributed by atoms with Crippen LogP contribution in [-0.2, 0) is 4.79 Å². The first-order chi connectivity index (χ1) is 11.7. The Morgan fingerprint density at radius 3 is 2.46 bits per heavy atom. The Morgan fingerprint density at radius 1 is 0.958 bits per heavy atom. The Balaban J connectivity index is 1.71. The number of carbonyl (C=O) groups is 1. The van der Waals surface area contributed by atoms with Gasteiger partial charge in [0.05, 0.1) is 12.8 Å². The van der Waals surface area contributed by atoms with E-state index in [1.54, 1.807) is 26.2 Å². The van der Waals surface area contributed by atoms with Gasteiger partial charge in [0.25, 0.3) is 5.91 Å². The highest BCUT2D eigenvalue weighted by Crippen LogP contribution is 2.24. The van der Waals surface area contributed by atoms with Crippen molar-refractivity contribution < 1.29 is 14.3 Å². The van der Waals surface area contributed by atoms with Gasteiger partial charge in [0, 0.05) is 0 Å². The minimum absolute atomic E-state index is 0.229. The van der Waals surface area contributed by atoms with Gasteiger partial charge >= 0.3 is 0 Å². The highest BCUT2D eigenvalue weighted by molar-refractivity contribution is 5.95. The molecule has 3 rings (SSSR count). The predicted octanol–water partition coefficient (Wildman–Crippen LogP) is 4.25. The number of carbonyl (C=O) groups excluding carboxylic acids is 1. The topological polar surface area (TPSA) is 47.6 Å². The Bertz CT molecular complexity index is 860. The number of nitrogens with one attached hydrogen (secondary N) is 1. The molecule has 3 aromatic carbocycles. The summed E-state index contributed by atoms with van der Waals surface area (Å²) >= 11 is 0. The largest absolute Gasteiger partial charge is 0.495 e. The number of para-hydroxylation sites is 2. The molecule has 4 heteroatoms. The number of anilines is 1. The van der Waals surface area contributed by atoms with Gasteiger partial charge in [-0.2, -0.15) is 0 Å². The van der Waals surface area contributed by atoms with Crippen LogP contribution in [0.3, 0.4) is 0 Å². The van der Waals surface area contributed by atoms with Crippen LogP contribution in [0.4, 0.5) is 5.69 Å². The van der Waals surface area contributed by atoms with E-state index in [1.165, 1.54) is 0 Å². The normalized spacial score (nSPS) is 11.8. The summed E-state index contributed by atoms with van der Waals surface area (Å²) < 4.78 is 11.0. The van der Waals surface area contributed by atoms with Crippen LogP contribution in [0.15, 0.2) is 66.7 Å². The standard InChI is InChI=1S/C20H19NO3/c1-14(20(22)21-18-9-5-6-10-19(18)23-2)24-17-12-11-15-7-3-4-8-16(15)13-17/h3-14H,1-2H3,(H,21,22). The summed E-state index contributed by atoms with van der Waals surface area (Å²) in [6, 6.07) is 21.1. The number of ether oxygens (including phenoxy) is 2. The molecule has 0 fully saturated rings. The maximum Gasteiger partial charge on any atom is 0.265 e. The number of fused-ring (bicyclic) bond motifs is 1. The van der Waals surface area contributed by atoms with Crippen molar-refractivity contribution in [1.82, 2.24) is 0 Å². The molecule has 24 heavy (non-hydrogen) atoms. The molecule has 0 aliphatic heterocycles. The smallest absolute Gasteiger partial charge is 0.265 e. The minimum Gasteiger partial charge on any atom is -0.495 e. The van der Waals surface area contributed by atoms with E-state index in [0.717, 1.165) is 10.8 Å². The monoisotopic (exact) mass is 321 g/mol. The number of hydrogen-bond donors (Lipinski definition) is 1. The third kappa shape index (κ3) is 3.49. The van der Waals surface area contributed by atoms with Crippen LogP contribution in [0.5, 0.6) is 11.5 Å². The lowest BCUT2D eigenvalue weighted by atomic mass is 10.1. The van der Waals surface area contributed by atoms with Crippen LogP contribution >= 0.6 is 0 Å². The summed E-state index contributed by atoms with van der Waals surface area (Å²) in [5.74, 6) is 1.05. The van der Waals surface area contributed by atoms with E-state index < -0.39 is 6.10 Å². The van der Waals surface area contributed by atoms with Crippen LogP contribution in [0.2, 0.25) is 0 Å². The maximum absolute atomic E-state index is 12.4. The third-order valence-corrected chi connectivity index (χ3v) is 3.77. The molecule has 3 aromatic rings. The van der Waals surface area contributed by atoms with Gasteiger partial charge in [-0.05, 0) is 42.0 Å². The zero-order chi connectivity index (χ0) is 16.9. The number of methoxy groups -OCH3 is 1. The maximum atomic E-state index is 12.4. The van der Waals surface area contributed by atoms with Gasteiger partial charge in [-0.3, -0.25) is 4.79 Å².